The summed E-state index contributed by atoms with van der Waals surface area (Å²) in [6, 6.07) is 7.39. The molecule has 1 aromatic heterocycles. The molecule has 4 N–H and O–H groups in total. The SMILES string of the molecule is CN1CC[C@H](c2c(O)cc(O)c3c(=O)cc(-c4cccc(CCOC(=O)CNC(=O)OC(C)(C)C)c4Cl)oc23)[C@H](O)C1. The van der Waals surface area contributed by atoms with E-state index in [9.17, 15) is 29.7 Å². The number of rotatable bonds is 7. The number of hydrogen-bond acceptors (Lipinski definition) is 10. The first kappa shape index (κ1) is 31.1. The third-order valence-electron chi connectivity index (χ3n) is 6.91. The topological polar surface area (TPSA) is 159 Å². The molecule has 11 nitrogen and oxygen atoms in total. The third kappa shape index (κ3) is 7.15. The molecule has 0 aliphatic carbocycles. The second kappa shape index (κ2) is 12.6. The fraction of sp³-hybridized carbons (Fsp3) is 0.433. The van der Waals surface area contributed by atoms with Gasteiger partial charge in [-0.25, -0.2) is 4.79 Å². The molecule has 0 radical (unpaired) electrons. The average Bonchev–Trinajstić information content (AvgIpc) is 2.88. The maximum absolute atomic E-state index is 13.2. The number of ether oxygens (including phenoxy) is 2. The maximum atomic E-state index is 13.2. The van der Waals surface area contributed by atoms with Gasteiger partial charge in [0.15, 0.2) is 5.43 Å². The van der Waals surface area contributed by atoms with Gasteiger partial charge in [-0.2, -0.15) is 0 Å². The van der Waals surface area contributed by atoms with Crippen LogP contribution >= 0.6 is 11.6 Å². The minimum Gasteiger partial charge on any atom is -0.507 e. The minimum absolute atomic E-state index is 0.0171. The predicted molar refractivity (Wildman–Crippen MR) is 156 cm³/mol. The Morgan fingerprint density at radius 3 is 2.62 bits per heavy atom. The van der Waals surface area contributed by atoms with Crippen molar-refractivity contribution in [2.75, 3.05) is 33.3 Å². The van der Waals surface area contributed by atoms with E-state index in [1.807, 2.05) is 11.9 Å². The van der Waals surface area contributed by atoms with Crippen molar-refractivity contribution < 1.29 is 38.8 Å². The van der Waals surface area contributed by atoms with Crippen molar-refractivity contribution in [3.8, 4) is 22.8 Å². The van der Waals surface area contributed by atoms with Crippen molar-refractivity contribution >= 4 is 34.6 Å². The van der Waals surface area contributed by atoms with Crippen LogP contribution in [-0.2, 0) is 20.7 Å². The lowest BCUT2D eigenvalue weighted by Crippen LogP contribution is -2.40. The van der Waals surface area contributed by atoms with Crippen LogP contribution in [0.25, 0.3) is 22.3 Å². The molecule has 2 aromatic carbocycles. The lowest BCUT2D eigenvalue weighted by Gasteiger charge is -2.34. The molecule has 2 atom stereocenters. The molecule has 12 heteroatoms. The number of carbonyl (C=O) groups is 2. The van der Waals surface area contributed by atoms with Crippen LogP contribution in [0.15, 0.2) is 39.5 Å². The summed E-state index contributed by atoms with van der Waals surface area (Å²) in [6.07, 6.45) is -0.828. The quantitative estimate of drug-likeness (QED) is 0.292. The van der Waals surface area contributed by atoms with E-state index in [1.54, 1.807) is 39.0 Å². The van der Waals surface area contributed by atoms with E-state index in [-0.39, 0.29) is 52.6 Å². The molecule has 0 bridgehead atoms. The van der Waals surface area contributed by atoms with Crippen LogP contribution in [-0.4, -0.2) is 77.3 Å². The van der Waals surface area contributed by atoms with E-state index in [4.69, 9.17) is 25.5 Å². The summed E-state index contributed by atoms with van der Waals surface area (Å²) >= 11 is 6.70. The van der Waals surface area contributed by atoms with E-state index >= 15 is 0 Å². The molecule has 0 spiro atoms. The van der Waals surface area contributed by atoms with E-state index in [0.29, 0.717) is 30.6 Å². The van der Waals surface area contributed by atoms with Crippen molar-refractivity contribution in [1.29, 1.82) is 0 Å². The highest BCUT2D eigenvalue weighted by Crippen LogP contribution is 2.43. The molecule has 1 saturated heterocycles. The summed E-state index contributed by atoms with van der Waals surface area (Å²) in [7, 11) is 1.88. The molecular formula is C30H35ClN2O9. The number of aliphatic hydroxyl groups excluding tert-OH is 1. The number of β-amino-alcohol motifs (C(OH)–C–C–N with tert-alkyl or cyclic N) is 1. The number of likely N-dealkylation sites (N-methyl/N-ethyl adjacent to an activating group) is 1. The number of benzene rings is 2. The van der Waals surface area contributed by atoms with Crippen LogP contribution in [0.3, 0.4) is 0 Å². The van der Waals surface area contributed by atoms with Gasteiger partial charge in [0.1, 0.15) is 40.4 Å². The van der Waals surface area contributed by atoms with E-state index in [1.165, 1.54) is 6.07 Å². The number of phenolic OH excluding ortho intramolecular Hbond substituents is 2. The molecule has 1 aliphatic heterocycles. The zero-order valence-electron chi connectivity index (χ0n) is 23.9. The summed E-state index contributed by atoms with van der Waals surface area (Å²) in [5, 5.41) is 34.6. The van der Waals surface area contributed by atoms with Crippen LogP contribution in [0, 0.1) is 0 Å². The molecule has 42 heavy (non-hydrogen) atoms. The number of aliphatic hydroxyl groups is 1. The zero-order chi connectivity index (χ0) is 30.8. The average molecular weight is 603 g/mol. The van der Waals surface area contributed by atoms with Gasteiger partial charge in [-0.1, -0.05) is 23.7 Å². The molecule has 0 unspecified atom stereocenters. The predicted octanol–water partition coefficient (Wildman–Crippen LogP) is 3.92. The number of nitrogens with zero attached hydrogens (tertiary/aromatic N) is 1. The number of carbonyl (C=O) groups excluding carboxylic acids is 2. The number of halogens is 1. The molecule has 1 amide bonds. The first-order valence-electron chi connectivity index (χ1n) is 13.5. The normalized spacial score (nSPS) is 17.7. The summed E-state index contributed by atoms with van der Waals surface area (Å²) in [5.74, 6) is -1.79. The number of nitrogens with one attached hydrogen (secondary N) is 1. The molecule has 2 heterocycles. The summed E-state index contributed by atoms with van der Waals surface area (Å²) in [5.41, 5.74) is -0.0205. The number of likely N-dealkylation sites (tertiary alicyclic amines) is 1. The van der Waals surface area contributed by atoms with Gasteiger partial charge >= 0.3 is 12.1 Å². The van der Waals surface area contributed by atoms with Crippen LogP contribution in [0.2, 0.25) is 5.02 Å². The smallest absolute Gasteiger partial charge is 0.408 e. The zero-order valence-corrected chi connectivity index (χ0v) is 24.7. The number of aromatic hydroxyl groups is 2. The van der Waals surface area contributed by atoms with Crippen molar-refractivity contribution in [3.63, 3.8) is 0 Å². The maximum Gasteiger partial charge on any atom is 0.408 e. The largest absolute Gasteiger partial charge is 0.507 e. The van der Waals surface area contributed by atoms with Gasteiger partial charge in [0.2, 0.25) is 0 Å². The van der Waals surface area contributed by atoms with E-state index < -0.39 is 40.9 Å². The second-order valence-corrected chi connectivity index (χ2v) is 11.7. The van der Waals surface area contributed by atoms with Crippen LogP contribution in [0.5, 0.6) is 11.5 Å². The fourth-order valence-electron chi connectivity index (χ4n) is 4.99. The van der Waals surface area contributed by atoms with Gasteiger partial charge < -0.3 is 39.4 Å². The number of piperidine rings is 1. The molecule has 1 aliphatic rings. The van der Waals surface area contributed by atoms with Gasteiger partial charge in [0.05, 0.1) is 17.7 Å². The first-order valence-corrected chi connectivity index (χ1v) is 13.9. The Morgan fingerprint density at radius 1 is 1.19 bits per heavy atom. The van der Waals surface area contributed by atoms with Gasteiger partial charge in [-0.05, 0) is 52.4 Å². The van der Waals surface area contributed by atoms with Crippen molar-refractivity contribution in [2.24, 2.45) is 0 Å². The van der Waals surface area contributed by atoms with E-state index in [0.717, 1.165) is 6.07 Å². The van der Waals surface area contributed by atoms with Gasteiger partial charge in [-0.3, -0.25) is 9.59 Å². The Bertz CT molecular complexity index is 1550. The van der Waals surface area contributed by atoms with Crippen LogP contribution in [0.4, 0.5) is 4.79 Å². The van der Waals surface area contributed by atoms with Crippen LogP contribution < -0.4 is 10.7 Å². The number of fused-ring (bicyclic) bond motifs is 1. The summed E-state index contributed by atoms with van der Waals surface area (Å²) in [4.78, 5) is 38.9. The molecular weight excluding hydrogens is 568 g/mol. The third-order valence-corrected chi connectivity index (χ3v) is 7.35. The summed E-state index contributed by atoms with van der Waals surface area (Å²) < 4.78 is 16.4. The minimum atomic E-state index is -0.828. The molecule has 226 valence electrons. The second-order valence-electron chi connectivity index (χ2n) is 11.3. The van der Waals surface area contributed by atoms with Crippen molar-refractivity contribution in [2.45, 2.75) is 51.2 Å². The Hall–Kier alpha value is -3.80. The fourth-order valence-corrected chi connectivity index (χ4v) is 5.30. The van der Waals surface area contributed by atoms with Gasteiger partial charge in [0, 0.05) is 42.1 Å². The van der Waals surface area contributed by atoms with Crippen LogP contribution in [0.1, 0.15) is 44.2 Å². The lowest BCUT2D eigenvalue weighted by molar-refractivity contribution is -0.142. The van der Waals surface area contributed by atoms with Gasteiger partial charge in [-0.15, -0.1) is 0 Å². The van der Waals surface area contributed by atoms with Crippen molar-refractivity contribution in [3.05, 3.63) is 56.7 Å². The van der Waals surface area contributed by atoms with Gasteiger partial charge in [0.25, 0.3) is 0 Å². The number of hydrogen-bond donors (Lipinski definition) is 4. The highest BCUT2D eigenvalue weighted by Gasteiger charge is 2.33. The summed E-state index contributed by atoms with van der Waals surface area (Å²) in [6.45, 7) is 5.75. The molecule has 1 fully saturated rings. The Morgan fingerprint density at radius 2 is 1.93 bits per heavy atom. The number of phenols is 2. The number of esters is 1. The highest BCUT2D eigenvalue weighted by molar-refractivity contribution is 6.34. The molecule has 3 aromatic rings. The standard InChI is InChI=1S/C30H35ClN2O9/c1-30(2,3)42-29(39)32-14-24(38)40-11-9-16-6-5-7-18(27(16)31)23-13-21(36)26-20(35)12-19(34)25(28(26)41-23)17-8-10-33(4)15-22(17)37/h5-7,12-13,17,22,34-35,37H,8-11,14-15H2,1-4H3,(H,32,39)/t17-,22+/m0/s1. The first-order chi connectivity index (χ1) is 19.7. The lowest BCUT2D eigenvalue weighted by atomic mass is 9.85. The number of alkyl carbamates (subject to hydrolysis) is 1. The van der Waals surface area contributed by atoms with E-state index in [2.05, 4.69) is 5.32 Å². The number of amides is 1. The Kier molecular flexibility index (Phi) is 9.34. The molecule has 4 rings (SSSR count). The molecule has 0 saturated carbocycles. The monoisotopic (exact) mass is 602 g/mol. The Labute approximate surface area is 247 Å². The highest BCUT2D eigenvalue weighted by atomic mass is 35.5. The Balaban J connectivity index is 1.57. The van der Waals surface area contributed by atoms with Crippen molar-refractivity contribution in [1.82, 2.24) is 10.2 Å².